The average Bonchev–Trinajstić information content (AvgIpc) is 2.28. The van der Waals surface area contributed by atoms with Crippen molar-refractivity contribution >= 4 is 9.84 Å². The van der Waals surface area contributed by atoms with Crippen LogP contribution in [-0.2, 0) is 9.84 Å². The largest absolute Gasteiger partial charge is 0.375 e. The predicted molar refractivity (Wildman–Crippen MR) is 67.1 cm³/mol. The van der Waals surface area contributed by atoms with Gasteiger partial charge in [-0.25, -0.2) is 8.42 Å². The molecule has 1 unspecified atom stereocenters. The molecule has 0 saturated carbocycles. The smallest absolute Gasteiger partial charge is 0.206 e. The van der Waals surface area contributed by atoms with Crippen molar-refractivity contribution in [3.63, 3.8) is 0 Å². The molecule has 0 bridgehead atoms. The average molecular weight is 257 g/mol. The van der Waals surface area contributed by atoms with Gasteiger partial charge < -0.3 is 10.8 Å². The molecule has 0 aliphatic heterocycles. The van der Waals surface area contributed by atoms with Crippen LogP contribution in [0.5, 0.6) is 0 Å². The molecule has 0 aliphatic rings. The molecule has 1 aromatic carbocycles. The van der Waals surface area contributed by atoms with E-state index in [4.69, 9.17) is 5.73 Å². The van der Waals surface area contributed by atoms with E-state index in [9.17, 15) is 13.5 Å². The minimum Gasteiger partial charge on any atom is -0.375 e. The number of nitrogens with two attached hydrogens (primary N) is 1. The molecule has 4 nitrogen and oxygen atoms in total. The zero-order valence-corrected chi connectivity index (χ0v) is 10.9. The number of hydrogen-bond acceptors (Lipinski definition) is 4. The van der Waals surface area contributed by atoms with Crippen molar-refractivity contribution in [3.05, 3.63) is 30.3 Å². The summed E-state index contributed by atoms with van der Waals surface area (Å²) < 4.78 is 24.1. The maximum Gasteiger partial charge on any atom is 0.206 e. The van der Waals surface area contributed by atoms with Crippen molar-refractivity contribution in [2.24, 2.45) is 11.7 Å². The van der Waals surface area contributed by atoms with E-state index in [2.05, 4.69) is 0 Å². The second-order valence-electron chi connectivity index (χ2n) is 4.54. The zero-order valence-electron chi connectivity index (χ0n) is 10.1. The van der Waals surface area contributed by atoms with Crippen molar-refractivity contribution in [2.75, 3.05) is 0 Å². The third-order valence-electron chi connectivity index (χ3n) is 2.50. The Balaban J connectivity index is 2.92. The Morgan fingerprint density at radius 2 is 1.76 bits per heavy atom. The first-order chi connectivity index (χ1) is 7.85. The van der Waals surface area contributed by atoms with Crippen LogP contribution in [0.3, 0.4) is 0 Å². The minimum atomic E-state index is -3.75. The number of aliphatic hydroxyl groups is 1. The van der Waals surface area contributed by atoms with Gasteiger partial charge in [-0.2, -0.15) is 0 Å². The summed E-state index contributed by atoms with van der Waals surface area (Å²) in [4.78, 5) is 0.103. The van der Waals surface area contributed by atoms with Gasteiger partial charge in [0.25, 0.3) is 0 Å². The molecule has 96 valence electrons. The van der Waals surface area contributed by atoms with Crippen LogP contribution < -0.4 is 5.73 Å². The Kier molecular flexibility index (Phi) is 4.68. The van der Waals surface area contributed by atoms with E-state index in [-0.39, 0.29) is 10.8 Å². The minimum absolute atomic E-state index is 0.103. The normalized spacial score (nSPS) is 15.8. The van der Waals surface area contributed by atoms with Crippen LogP contribution in [0.4, 0.5) is 0 Å². The summed E-state index contributed by atoms with van der Waals surface area (Å²) in [5.41, 5.74) is 4.16. The van der Waals surface area contributed by atoms with Gasteiger partial charge in [0.1, 0.15) is 0 Å². The zero-order chi connectivity index (χ0) is 13.1. The molecule has 0 radical (unpaired) electrons. The highest BCUT2D eigenvalue weighted by Gasteiger charge is 2.30. The first-order valence-corrected chi connectivity index (χ1v) is 7.13. The summed E-state index contributed by atoms with van der Waals surface area (Å²) >= 11 is 0. The van der Waals surface area contributed by atoms with E-state index in [1.54, 1.807) is 18.2 Å². The molecule has 0 saturated heterocycles. The summed E-state index contributed by atoms with van der Waals surface area (Å²) in [5, 5.41) is 9.83. The van der Waals surface area contributed by atoms with Crippen LogP contribution in [0.2, 0.25) is 0 Å². The predicted octanol–water partition coefficient (Wildman–Crippen LogP) is 1.15. The molecule has 0 spiro atoms. The third kappa shape index (κ3) is 3.52. The van der Waals surface area contributed by atoms with Gasteiger partial charge >= 0.3 is 0 Å². The monoisotopic (exact) mass is 257 g/mol. The highest BCUT2D eigenvalue weighted by Crippen LogP contribution is 2.18. The molecule has 1 aromatic rings. The van der Waals surface area contributed by atoms with Crippen LogP contribution in [0.15, 0.2) is 35.2 Å². The van der Waals surface area contributed by atoms with Gasteiger partial charge in [0.15, 0.2) is 5.44 Å². The molecule has 17 heavy (non-hydrogen) atoms. The van der Waals surface area contributed by atoms with E-state index in [1.165, 1.54) is 12.1 Å². The number of sulfone groups is 1. The fraction of sp³-hybridized carbons (Fsp3) is 0.500. The molecule has 1 rings (SSSR count). The summed E-state index contributed by atoms with van der Waals surface area (Å²) in [6.07, 6.45) is 0.466. The molecule has 0 aromatic heterocycles. The van der Waals surface area contributed by atoms with Crippen molar-refractivity contribution in [3.8, 4) is 0 Å². The van der Waals surface area contributed by atoms with Gasteiger partial charge in [-0.3, -0.25) is 0 Å². The van der Waals surface area contributed by atoms with E-state index in [1.807, 2.05) is 13.8 Å². The van der Waals surface area contributed by atoms with Crippen molar-refractivity contribution in [1.82, 2.24) is 0 Å². The van der Waals surface area contributed by atoms with E-state index in [0.29, 0.717) is 6.42 Å². The lowest BCUT2D eigenvalue weighted by Gasteiger charge is -2.20. The lowest BCUT2D eigenvalue weighted by molar-refractivity contribution is 0.204. The van der Waals surface area contributed by atoms with Crippen LogP contribution in [0, 0.1) is 5.92 Å². The summed E-state index contributed by atoms with van der Waals surface area (Å²) in [6.45, 7) is 3.86. The quantitative estimate of drug-likeness (QED) is 0.829. The first kappa shape index (κ1) is 14.2. The van der Waals surface area contributed by atoms with E-state index in [0.717, 1.165) is 0 Å². The van der Waals surface area contributed by atoms with Gasteiger partial charge in [0.05, 0.1) is 4.90 Å². The number of hydrogen-bond donors (Lipinski definition) is 2. The maximum absolute atomic E-state index is 12.0. The Morgan fingerprint density at radius 3 is 2.24 bits per heavy atom. The van der Waals surface area contributed by atoms with Crippen molar-refractivity contribution in [1.29, 1.82) is 0 Å². The Morgan fingerprint density at radius 1 is 1.24 bits per heavy atom. The van der Waals surface area contributed by atoms with Gasteiger partial charge in [-0.05, 0) is 24.5 Å². The number of benzene rings is 1. The lowest BCUT2D eigenvalue weighted by Crippen LogP contribution is -2.41. The molecule has 0 aliphatic carbocycles. The van der Waals surface area contributed by atoms with Gasteiger partial charge in [-0.1, -0.05) is 32.0 Å². The maximum atomic E-state index is 12.0. The number of rotatable bonds is 5. The van der Waals surface area contributed by atoms with E-state index < -0.39 is 21.3 Å². The SMILES string of the molecule is CC(C)C[C@H](N)C(O)S(=O)(=O)c1ccccc1. The molecule has 0 heterocycles. The third-order valence-corrected chi connectivity index (χ3v) is 4.41. The topological polar surface area (TPSA) is 80.4 Å². The second-order valence-corrected chi connectivity index (χ2v) is 6.59. The van der Waals surface area contributed by atoms with E-state index >= 15 is 0 Å². The fourth-order valence-electron chi connectivity index (χ4n) is 1.64. The fourth-order valence-corrected chi connectivity index (χ4v) is 3.03. The molecule has 0 amide bonds. The van der Waals surface area contributed by atoms with Crippen molar-refractivity contribution < 1.29 is 13.5 Å². The number of aliphatic hydroxyl groups excluding tert-OH is 1. The molecular weight excluding hydrogens is 238 g/mol. The lowest BCUT2D eigenvalue weighted by atomic mass is 10.1. The standard InChI is InChI=1S/C12H19NO3S/c1-9(2)8-11(13)12(14)17(15,16)10-6-4-3-5-7-10/h3-7,9,11-12,14H,8,13H2,1-2H3/t11-,12?/m0/s1. The Hall–Kier alpha value is -0.910. The Labute approximate surface area is 102 Å². The Bertz CT molecular complexity index is 442. The van der Waals surface area contributed by atoms with Crippen LogP contribution >= 0.6 is 0 Å². The highest BCUT2D eigenvalue weighted by atomic mass is 32.2. The van der Waals surface area contributed by atoms with Gasteiger partial charge in [0.2, 0.25) is 9.84 Å². The second kappa shape index (κ2) is 5.62. The molecular formula is C12H19NO3S. The summed E-state index contributed by atoms with van der Waals surface area (Å²) in [7, 11) is -3.75. The first-order valence-electron chi connectivity index (χ1n) is 5.58. The molecule has 2 atom stereocenters. The highest BCUT2D eigenvalue weighted by molar-refractivity contribution is 7.92. The molecule has 5 heteroatoms. The van der Waals surface area contributed by atoms with Crippen LogP contribution in [0.1, 0.15) is 20.3 Å². The van der Waals surface area contributed by atoms with Crippen LogP contribution in [-0.4, -0.2) is 25.0 Å². The van der Waals surface area contributed by atoms with Crippen molar-refractivity contribution in [2.45, 2.75) is 36.6 Å². The summed E-state index contributed by atoms with van der Waals surface area (Å²) in [5.74, 6) is 0.241. The molecule has 0 fully saturated rings. The van der Waals surface area contributed by atoms with Crippen LogP contribution in [0.25, 0.3) is 0 Å². The van der Waals surface area contributed by atoms with Gasteiger partial charge in [-0.15, -0.1) is 0 Å². The summed E-state index contributed by atoms with van der Waals surface area (Å²) in [6, 6.07) is 7.11. The molecule has 3 N–H and O–H groups in total. The van der Waals surface area contributed by atoms with Gasteiger partial charge in [0, 0.05) is 6.04 Å².